The maximum absolute atomic E-state index is 12.5. The lowest BCUT2D eigenvalue weighted by Gasteiger charge is -2.13. The van der Waals surface area contributed by atoms with Gasteiger partial charge in [0.15, 0.2) is 5.92 Å². The SMILES string of the molecule is CC(C(=O)Oc1cccc2ccccc12)C(=O)Oc1cccc2ccccc12. The number of carbonyl (C=O) groups excluding carboxylic acids is 2. The first-order valence-corrected chi connectivity index (χ1v) is 9.02. The van der Waals surface area contributed by atoms with E-state index in [2.05, 4.69) is 0 Å². The minimum Gasteiger partial charge on any atom is -0.425 e. The Hall–Kier alpha value is -3.66. The molecule has 0 heterocycles. The lowest BCUT2D eigenvalue weighted by Crippen LogP contribution is -2.29. The molecule has 0 saturated carbocycles. The summed E-state index contributed by atoms with van der Waals surface area (Å²) in [6.07, 6.45) is 0. The summed E-state index contributed by atoms with van der Waals surface area (Å²) in [6, 6.07) is 26.1. The van der Waals surface area contributed by atoms with E-state index in [0.717, 1.165) is 21.5 Å². The highest BCUT2D eigenvalue weighted by Gasteiger charge is 2.26. The van der Waals surface area contributed by atoms with Gasteiger partial charge in [0.05, 0.1) is 0 Å². The molecule has 0 aliphatic rings. The molecule has 4 aromatic carbocycles. The second-order valence-electron chi connectivity index (χ2n) is 6.52. The molecule has 0 bridgehead atoms. The van der Waals surface area contributed by atoms with Crippen molar-refractivity contribution in [3.8, 4) is 11.5 Å². The van der Waals surface area contributed by atoms with Gasteiger partial charge in [0.25, 0.3) is 0 Å². The summed E-state index contributed by atoms with van der Waals surface area (Å²) in [5.41, 5.74) is 0. The Kier molecular flexibility index (Phi) is 4.77. The summed E-state index contributed by atoms with van der Waals surface area (Å²) in [5, 5.41) is 3.54. The van der Waals surface area contributed by atoms with Gasteiger partial charge >= 0.3 is 11.9 Å². The minimum atomic E-state index is -1.06. The molecule has 0 radical (unpaired) electrons. The van der Waals surface area contributed by atoms with Crippen LogP contribution in [0, 0.1) is 5.92 Å². The third kappa shape index (κ3) is 3.45. The van der Waals surface area contributed by atoms with Crippen LogP contribution in [-0.2, 0) is 9.59 Å². The van der Waals surface area contributed by atoms with Gasteiger partial charge in [0, 0.05) is 10.8 Å². The number of ether oxygens (including phenoxy) is 2. The van der Waals surface area contributed by atoms with E-state index < -0.39 is 17.9 Å². The number of carbonyl (C=O) groups is 2. The molecule has 0 saturated heterocycles. The van der Waals surface area contributed by atoms with Crippen molar-refractivity contribution in [2.24, 2.45) is 5.92 Å². The molecule has 0 aromatic heterocycles. The van der Waals surface area contributed by atoms with Gasteiger partial charge in [0.1, 0.15) is 11.5 Å². The minimum absolute atomic E-state index is 0.424. The van der Waals surface area contributed by atoms with Crippen LogP contribution in [-0.4, -0.2) is 11.9 Å². The highest BCUT2D eigenvalue weighted by atomic mass is 16.6. The van der Waals surface area contributed by atoms with Crippen LogP contribution in [0.2, 0.25) is 0 Å². The molecule has 0 aliphatic heterocycles. The van der Waals surface area contributed by atoms with Crippen LogP contribution in [0.4, 0.5) is 0 Å². The molecule has 0 fully saturated rings. The van der Waals surface area contributed by atoms with Gasteiger partial charge in [0.2, 0.25) is 0 Å². The van der Waals surface area contributed by atoms with Gasteiger partial charge in [-0.15, -0.1) is 0 Å². The largest absolute Gasteiger partial charge is 0.425 e. The molecule has 4 heteroatoms. The van der Waals surface area contributed by atoms with Crippen molar-refractivity contribution in [1.82, 2.24) is 0 Å². The fourth-order valence-corrected chi connectivity index (χ4v) is 3.06. The van der Waals surface area contributed by atoms with Crippen LogP contribution in [0.5, 0.6) is 11.5 Å². The molecular weight excluding hydrogens is 352 g/mol. The van der Waals surface area contributed by atoms with Crippen LogP contribution in [0.1, 0.15) is 6.92 Å². The average molecular weight is 370 g/mol. The number of fused-ring (bicyclic) bond motifs is 2. The summed E-state index contributed by atoms with van der Waals surface area (Å²) < 4.78 is 11.0. The lowest BCUT2D eigenvalue weighted by atomic mass is 10.1. The highest BCUT2D eigenvalue weighted by Crippen LogP contribution is 2.28. The second kappa shape index (κ2) is 7.53. The van der Waals surface area contributed by atoms with Gasteiger partial charge in [-0.1, -0.05) is 72.8 Å². The summed E-state index contributed by atoms with van der Waals surface area (Å²) in [4.78, 5) is 25.1. The van der Waals surface area contributed by atoms with E-state index in [0.29, 0.717) is 11.5 Å². The normalized spacial score (nSPS) is 10.9. The first-order valence-electron chi connectivity index (χ1n) is 9.02. The number of benzene rings is 4. The smallest absolute Gasteiger partial charge is 0.325 e. The molecule has 4 nitrogen and oxygen atoms in total. The zero-order chi connectivity index (χ0) is 19.5. The molecule has 0 unspecified atom stereocenters. The maximum Gasteiger partial charge on any atom is 0.325 e. The highest BCUT2D eigenvalue weighted by molar-refractivity contribution is 5.99. The first-order chi connectivity index (χ1) is 13.6. The zero-order valence-corrected chi connectivity index (χ0v) is 15.3. The number of esters is 2. The topological polar surface area (TPSA) is 52.6 Å². The summed E-state index contributed by atoms with van der Waals surface area (Å²) in [6.45, 7) is 1.49. The predicted octanol–water partition coefficient (Wildman–Crippen LogP) is 5.14. The van der Waals surface area contributed by atoms with Gasteiger partial charge in [-0.3, -0.25) is 9.59 Å². The molecule has 0 aliphatic carbocycles. The Labute approximate surface area is 162 Å². The van der Waals surface area contributed by atoms with Crippen LogP contribution in [0.15, 0.2) is 84.9 Å². The Morgan fingerprint density at radius 3 is 1.46 bits per heavy atom. The van der Waals surface area contributed by atoms with Gasteiger partial charge < -0.3 is 9.47 Å². The molecule has 4 aromatic rings. The van der Waals surface area contributed by atoms with Crippen molar-refractivity contribution in [3.63, 3.8) is 0 Å². The van der Waals surface area contributed by atoms with E-state index in [1.165, 1.54) is 6.92 Å². The molecule has 0 amide bonds. The summed E-state index contributed by atoms with van der Waals surface area (Å²) in [5.74, 6) is -1.51. The molecule has 0 atom stereocenters. The fraction of sp³-hybridized carbons (Fsp3) is 0.0833. The molecule has 4 rings (SSSR count). The Morgan fingerprint density at radius 1 is 0.607 bits per heavy atom. The number of rotatable bonds is 4. The van der Waals surface area contributed by atoms with Crippen molar-refractivity contribution in [2.75, 3.05) is 0 Å². The fourth-order valence-electron chi connectivity index (χ4n) is 3.06. The molecule has 28 heavy (non-hydrogen) atoms. The zero-order valence-electron chi connectivity index (χ0n) is 15.3. The molecule has 0 N–H and O–H groups in total. The molecule has 0 spiro atoms. The summed E-state index contributed by atoms with van der Waals surface area (Å²) >= 11 is 0. The van der Waals surface area contributed by atoms with Crippen LogP contribution < -0.4 is 9.47 Å². The van der Waals surface area contributed by atoms with Crippen molar-refractivity contribution in [3.05, 3.63) is 84.9 Å². The van der Waals surface area contributed by atoms with Crippen LogP contribution >= 0.6 is 0 Å². The first kappa shape index (κ1) is 17.7. The molecular formula is C24H18O4. The predicted molar refractivity (Wildman–Crippen MR) is 108 cm³/mol. The van der Waals surface area contributed by atoms with E-state index in [4.69, 9.17) is 9.47 Å². The Morgan fingerprint density at radius 2 is 1.00 bits per heavy atom. The van der Waals surface area contributed by atoms with Crippen molar-refractivity contribution >= 4 is 33.5 Å². The van der Waals surface area contributed by atoms with E-state index >= 15 is 0 Å². The van der Waals surface area contributed by atoms with Gasteiger partial charge in [-0.25, -0.2) is 0 Å². The number of hydrogen-bond acceptors (Lipinski definition) is 4. The monoisotopic (exact) mass is 370 g/mol. The standard InChI is InChI=1S/C24H18O4/c1-16(23(25)27-21-14-6-10-17-8-2-4-12-19(17)21)24(26)28-22-15-7-11-18-9-3-5-13-20(18)22/h2-16H,1H3. The number of hydrogen-bond donors (Lipinski definition) is 0. The Bertz CT molecular complexity index is 1080. The van der Waals surface area contributed by atoms with Crippen LogP contribution in [0.25, 0.3) is 21.5 Å². The van der Waals surface area contributed by atoms with Gasteiger partial charge in [-0.05, 0) is 29.8 Å². The lowest BCUT2D eigenvalue weighted by molar-refractivity contribution is -0.150. The quantitative estimate of drug-likeness (QED) is 0.284. The van der Waals surface area contributed by atoms with E-state index in [-0.39, 0.29) is 0 Å². The van der Waals surface area contributed by atoms with Gasteiger partial charge in [-0.2, -0.15) is 0 Å². The van der Waals surface area contributed by atoms with E-state index in [1.54, 1.807) is 12.1 Å². The van der Waals surface area contributed by atoms with Crippen molar-refractivity contribution in [2.45, 2.75) is 6.92 Å². The second-order valence-corrected chi connectivity index (χ2v) is 6.52. The van der Waals surface area contributed by atoms with Crippen molar-refractivity contribution in [1.29, 1.82) is 0 Å². The van der Waals surface area contributed by atoms with E-state index in [9.17, 15) is 9.59 Å². The van der Waals surface area contributed by atoms with E-state index in [1.807, 2.05) is 72.8 Å². The summed E-state index contributed by atoms with van der Waals surface area (Å²) in [7, 11) is 0. The van der Waals surface area contributed by atoms with Crippen LogP contribution in [0.3, 0.4) is 0 Å². The third-order valence-corrected chi connectivity index (χ3v) is 4.63. The third-order valence-electron chi connectivity index (χ3n) is 4.63. The van der Waals surface area contributed by atoms with Crippen molar-refractivity contribution < 1.29 is 19.1 Å². The molecule has 138 valence electrons. The maximum atomic E-state index is 12.5. The Balaban J connectivity index is 1.52. The average Bonchev–Trinajstić information content (AvgIpc) is 2.73.